The molecule has 0 fully saturated rings. The number of carbonyl (C=O) groups excluding carboxylic acids is 1. The third-order valence-corrected chi connectivity index (χ3v) is 2.27. The molecule has 1 aromatic heterocycles. The van der Waals surface area contributed by atoms with Gasteiger partial charge in [-0.05, 0) is 6.07 Å². The van der Waals surface area contributed by atoms with E-state index in [1.54, 1.807) is 0 Å². The molecule has 1 heterocycles. The van der Waals surface area contributed by atoms with Crippen molar-refractivity contribution in [3.05, 3.63) is 24.0 Å². The summed E-state index contributed by atoms with van der Waals surface area (Å²) < 4.78 is 4.91. The summed E-state index contributed by atoms with van der Waals surface area (Å²) in [6.07, 6.45) is 1.70. The molecule has 0 aliphatic carbocycles. The van der Waals surface area contributed by atoms with E-state index in [0.717, 1.165) is 6.20 Å². The summed E-state index contributed by atoms with van der Waals surface area (Å²) in [7, 11) is 1.36. The molecule has 1 atom stereocenters. The molecule has 0 saturated heterocycles. The second-order valence-electron chi connectivity index (χ2n) is 3.56. The average molecular weight is 254 g/mol. The largest absolute Gasteiger partial charge is 0.505 e. The van der Waals surface area contributed by atoms with Gasteiger partial charge in [0.1, 0.15) is 5.75 Å². The van der Waals surface area contributed by atoms with Crippen LogP contribution in [0.4, 0.5) is 0 Å². The first kappa shape index (κ1) is 13.9. The van der Waals surface area contributed by atoms with E-state index in [0.29, 0.717) is 0 Å². The van der Waals surface area contributed by atoms with Gasteiger partial charge in [0.05, 0.1) is 24.3 Å². The molecular weight excluding hydrogens is 240 g/mol. The van der Waals surface area contributed by atoms with Crippen LogP contribution in [0.5, 0.6) is 5.75 Å². The van der Waals surface area contributed by atoms with Gasteiger partial charge in [-0.25, -0.2) is 0 Å². The van der Waals surface area contributed by atoms with Crippen LogP contribution in [0, 0.1) is 0 Å². The number of nitrogens with zero attached hydrogens (tertiary/aromatic N) is 1. The molecule has 0 radical (unpaired) electrons. The minimum absolute atomic E-state index is 0.0450. The van der Waals surface area contributed by atoms with E-state index in [4.69, 9.17) is 9.84 Å². The average Bonchev–Trinajstić information content (AvgIpc) is 2.34. The molecule has 0 saturated carbocycles. The lowest BCUT2D eigenvalue weighted by Crippen LogP contribution is -2.34. The molecular formula is C11H14N2O5. The Hall–Kier alpha value is -2.15. The Morgan fingerprint density at radius 3 is 2.83 bits per heavy atom. The van der Waals surface area contributed by atoms with Crippen LogP contribution in [-0.2, 0) is 9.53 Å². The van der Waals surface area contributed by atoms with Gasteiger partial charge in [-0.15, -0.1) is 0 Å². The van der Waals surface area contributed by atoms with Crippen LogP contribution >= 0.6 is 0 Å². The highest BCUT2D eigenvalue weighted by Gasteiger charge is 2.15. The van der Waals surface area contributed by atoms with Gasteiger partial charge in [0.15, 0.2) is 0 Å². The minimum Gasteiger partial charge on any atom is -0.505 e. The normalized spacial score (nSPS) is 11.8. The maximum Gasteiger partial charge on any atom is 0.306 e. The number of hydrogen-bond donors (Lipinski definition) is 3. The Kier molecular flexibility index (Phi) is 5.06. The fraction of sp³-hybridized carbons (Fsp3) is 0.364. The van der Waals surface area contributed by atoms with Gasteiger partial charge in [-0.3, -0.25) is 14.6 Å². The second kappa shape index (κ2) is 6.55. The number of ether oxygens (including phenoxy) is 1. The van der Waals surface area contributed by atoms with Crippen LogP contribution in [0.1, 0.15) is 16.8 Å². The van der Waals surface area contributed by atoms with E-state index in [1.165, 1.54) is 19.4 Å². The number of aromatic hydroxyl groups is 1. The Labute approximate surface area is 103 Å². The van der Waals surface area contributed by atoms with Gasteiger partial charge >= 0.3 is 5.97 Å². The highest BCUT2D eigenvalue weighted by Crippen LogP contribution is 2.13. The molecule has 1 amide bonds. The molecule has 1 aromatic rings. The van der Waals surface area contributed by atoms with Crippen molar-refractivity contribution in [2.75, 3.05) is 13.7 Å². The number of methoxy groups -OCH3 is 1. The van der Waals surface area contributed by atoms with E-state index in [9.17, 15) is 14.7 Å². The Bertz CT molecular complexity index is 435. The standard InChI is InChI=1S/C11H14N2O5/c1-18-7(4-10(15)16)5-13-11(17)8-2-3-12-6-9(8)14/h2-3,6-7,14H,4-5H2,1H3,(H,13,17)(H,15,16). The fourth-order valence-electron chi connectivity index (χ4n) is 1.31. The maximum atomic E-state index is 11.7. The molecule has 7 heteroatoms. The zero-order chi connectivity index (χ0) is 13.5. The predicted molar refractivity (Wildman–Crippen MR) is 61.3 cm³/mol. The maximum absolute atomic E-state index is 11.7. The first-order chi connectivity index (χ1) is 8.54. The number of carbonyl (C=O) groups is 2. The number of aliphatic carboxylic acids is 1. The lowest BCUT2D eigenvalue weighted by Gasteiger charge is -2.14. The number of aromatic nitrogens is 1. The number of carboxylic acids is 1. The van der Waals surface area contributed by atoms with Crippen LogP contribution in [0.25, 0.3) is 0 Å². The quantitative estimate of drug-likeness (QED) is 0.659. The Balaban J connectivity index is 2.55. The van der Waals surface area contributed by atoms with E-state index in [2.05, 4.69) is 10.3 Å². The number of hydrogen-bond acceptors (Lipinski definition) is 5. The van der Waals surface area contributed by atoms with Crippen LogP contribution < -0.4 is 5.32 Å². The fourth-order valence-corrected chi connectivity index (χ4v) is 1.31. The molecule has 0 aliphatic rings. The summed E-state index contributed by atoms with van der Waals surface area (Å²) >= 11 is 0. The minimum atomic E-state index is -1.01. The number of nitrogens with one attached hydrogen (secondary N) is 1. The van der Waals surface area contributed by atoms with Gasteiger partial charge in [0, 0.05) is 19.9 Å². The van der Waals surface area contributed by atoms with Crippen molar-refractivity contribution in [1.29, 1.82) is 0 Å². The van der Waals surface area contributed by atoms with Gasteiger partial charge in [0.2, 0.25) is 0 Å². The number of pyridine rings is 1. The summed E-state index contributed by atoms with van der Waals surface area (Å²) in [5, 5.41) is 20.5. The zero-order valence-electron chi connectivity index (χ0n) is 9.79. The first-order valence-corrected chi connectivity index (χ1v) is 5.20. The predicted octanol–water partition coefficient (Wildman–Crippen LogP) is 0.00670. The Morgan fingerprint density at radius 2 is 2.28 bits per heavy atom. The summed E-state index contributed by atoms with van der Waals surface area (Å²) in [5.74, 6) is -1.76. The van der Waals surface area contributed by atoms with E-state index in [1.807, 2.05) is 0 Å². The Morgan fingerprint density at radius 1 is 1.56 bits per heavy atom. The first-order valence-electron chi connectivity index (χ1n) is 5.20. The third-order valence-electron chi connectivity index (χ3n) is 2.27. The van der Waals surface area contributed by atoms with Gasteiger partial charge in [-0.1, -0.05) is 0 Å². The molecule has 0 aromatic carbocycles. The molecule has 0 aliphatic heterocycles. The van der Waals surface area contributed by atoms with Crippen molar-refractivity contribution >= 4 is 11.9 Å². The molecule has 0 bridgehead atoms. The van der Waals surface area contributed by atoms with Crippen molar-refractivity contribution in [1.82, 2.24) is 10.3 Å². The highest BCUT2D eigenvalue weighted by atomic mass is 16.5. The van der Waals surface area contributed by atoms with E-state index >= 15 is 0 Å². The summed E-state index contributed by atoms with van der Waals surface area (Å²) in [4.78, 5) is 25.8. The van der Waals surface area contributed by atoms with Crippen molar-refractivity contribution < 1.29 is 24.5 Å². The van der Waals surface area contributed by atoms with Gasteiger partial charge in [-0.2, -0.15) is 0 Å². The summed E-state index contributed by atoms with van der Waals surface area (Å²) in [5.41, 5.74) is 0.0789. The van der Waals surface area contributed by atoms with E-state index in [-0.39, 0.29) is 24.3 Å². The second-order valence-corrected chi connectivity index (χ2v) is 3.56. The number of carboxylic acid groups (broad SMARTS) is 1. The molecule has 7 nitrogen and oxygen atoms in total. The number of amides is 1. The van der Waals surface area contributed by atoms with E-state index < -0.39 is 18.0 Å². The van der Waals surface area contributed by atoms with Crippen LogP contribution in [0.15, 0.2) is 18.5 Å². The molecule has 98 valence electrons. The lowest BCUT2D eigenvalue weighted by atomic mass is 10.2. The zero-order valence-corrected chi connectivity index (χ0v) is 9.79. The molecule has 1 unspecified atom stereocenters. The van der Waals surface area contributed by atoms with Crippen molar-refractivity contribution in [3.63, 3.8) is 0 Å². The SMILES string of the molecule is COC(CNC(=O)c1ccncc1O)CC(=O)O. The van der Waals surface area contributed by atoms with Crippen LogP contribution in [0.3, 0.4) is 0 Å². The molecule has 18 heavy (non-hydrogen) atoms. The topological polar surface area (TPSA) is 109 Å². The van der Waals surface area contributed by atoms with Crippen LogP contribution in [-0.4, -0.2) is 46.8 Å². The van der Waals surface area contributed by atoms with Crippen LogP contribution in [0.2, 0.25) is 0 Å². The summed E-state index contributed by atoms with van der Waals surface area (Å²) in [6, 6.07) is 1.36. The number of rotatable bonds is 6. The van der Waals surface area contributed by atoms with Crippen molar-refractivity contribution in [3.8, 4) is 5.75 Å². The molecule has 3 N–H and O–H groups in total. The lowest BCUT2D eigenvalue weighted by molar-refractivity contribution is -0.139. The van der Waals surface area contributed by atoms with Crippen molar-refractivity contribution in [2.45, 2.75) is 12.5 Å². The monoisotopic (exact) mass is 254 g/mol. The van der Waals surface area contributed by atoms with Crippen molar-refractivity contribution in [2.24, 2.45) is 0 Å². The summed E-state index contributed by atoms with van der Waals surface area (Å²) in [6.45, 7) is 0.0450. The highest BCUT2D eigenvalue weighted by molar-refractivity contribution is 5.96. The van der Waals surface area contributed by atoms with Gasteiger partial charge < -0.3 is 20.3 Å². The molecule has 0 spiro atoms. The third kappa shape index (κ3) is 4.02. The smallest absolute Gasteiger partial charge is 0.306 e. The molecule has 1 rings (SSSR count). The van der Waals surface area contributed by atoms with Gasteiger partial charge in [0.25, 0.3) is 5.91 Å².